The summed E-state index contributed by atoms with van der Waals surface area (Å²) in [6.45, 7) is 0. The van der Waals surface area contributed by atoms with Gasteiger partial charge in [0.15, 0.2) is 6.10 Å². The van der Waals surface area contributed by atoms with E-state index in [0.717, 1.165) is 25.3 Å². The van der Waals surface area contributed by atoms with Gasteiger partial charge in [0.25, 0.3) is 10.1 Å². The molecule has 0 radical (unpaired) electrons. The predicted octanol–water partition coefficient (Wildman–Crippen LogP) is 4.65. The first-order valence-corrected chi connectivity index (χ1v) is 12.9. The topological polar surface area (TPSA) is 89.1 Å². The summed E-state index contributed by atoms with van der Waals surface area (Å²) in [5, 5.41) is 0. The monoisotopic (exact) mass is 482 g/mol. The highest BCUT2D eigenvalue weighted by molar-refractivity contribution is 7.86. The van der Waals surface area contributed by atoms with Crippen molar-refractivity contribution in [1.29, 1.82) is 0 Å². The third kappa shape index (κ3) is 3.90. The second-order valence-electron chi connectivity index (χ2n) is 10.00. The predicted molar refractivity (Wildman–Crippen MR) is 113 cm³/mol. The second-order valence-corrected chi connectivity index (χ2v) is 11.6. The lowest BCUT2D eigenvalue weighted by Crippen LogP contribution is -2.56. The number of ketones is 1. The number of imidazole rings is 1. The van der Waals surface area contributed by atoms with Gasteiger partial charge in [-0.25, -0.2) is 9.37 Å². The van der Waals surface area contributed by atoms with E-state index >= 15 is 13.2 Å². The number of alkyl halides is 2. The standard InChI is InChI=1S/C23H25F3N2O4S/c1-33(30,31)32-20(19-16(3-2-4-17(19)24)18-11-27-12-28-18)23(25,26)21(29)22-8-13-5-14(9-22)7-15(6-13)10-22/h2-4,11-15,20H,5-10H2,1H3,(H,27,28). The van der Waals surface area contributed by atoms with Crippen molar-refractivity contribution >= 4 is 15.9 Å². The van der Waals surface area contributed by atoms with Crippen LogP contribution in [0.5, 0.6) is 0 Å². The number of aromatic nitrogens is 2. The normalized spacial score (nSPS) is 29.9. The minimum Gasteiger partial charge on any atom is -0.345 e. The Kier molecular flexibility index (Phi) is 5.24. The summed E-state index contributed by atoms with van der Waals surface area (Å²) in [6.07, 6.45) is 4.49. The lowest BCUT2D eigenvalue weighted by atomic mass is 9.48. The highest BCUT2D eigenvalue weighted by Crippen LogP contribution is 2.62. The smallest absolute Gasteiger partial charge is 0.337 e. The van der Waals surface area contributed by atoms with Gasteiger partial charge in [-0.15, -0.1) is 0 Å². The van der Waals surface area contributed by atoms with Crippen LogP contribution in [0.3, 0.4) is 0 Å². The summed E-state index contributed by atoms with van der Waals surface area (Å²) in [5.41, 5.74) is -1.75. The van der Waals surface area contributed by atoms with E-state index in [2.05, 4.69) is 9.97 Å². The number of nitrogens with one attached hydrogen (secondary N) is 1. The van der Waals surface area contributed by atoms with Crippen molar-refractivity contribution in [2.24, 2.45) is 23.2 Å². The number of carbonyl (C=O) groups excluding carboxylic acids is 1. The maximum Gasteiger partial charge on any atom is 0.337 e. The Morgan fingerprint density at radius 1 is 1.18 bits per heavy atom. The number of aromatic amines is 1. The van der Waals surface area contributed by atoms with Gasteiger partial charge in [0.1, 0.15) is 5.82 Å². The van der Waals surface area contributed by atoms with Gasteiger partial charge < -0.3 is 4.98 Å². The molecule has 4 aliphatic rings. The SMILES string of the molecule is CS(=O)(=O)OC(c1c(F)cccc1-c1cnc[nH]1)C(F)(F)C(=O)C12CC3CC(CC(C3)C1)C2. The molecule has 1 aromatic carbocycles. The molecule has 33 heavy (non-hydrogen) atoms. The van der Waals surface area contributed by atoms with Crippen molar-refractivity contribution in [3.05, 3.63) is 42.1 Å². The number of Topliss-reactive ketones (excluding diaryl/α,β-unsaturated/α-hetero) is 1. The molecule has 1 unspecified atom stereocenters. The molecule has 4 aliphatic carbocycles. The molecule has 6 nitrogen and oxygen atoms in total. The highest BCUT2D eigenvalue weighted by Gasteiger charge is 2.63. The van der Waals surface area contributed by atoms with Gasteiger partial charge >= 0.3 is 5.92 Å². The molecule has 6 rings (SSSR count). The molecule has 10 heteroatoms. The van der Waals surface area contributed by atoms with Crippen LogP contribution in [0, 0.1) is 29.0 Å². The zero-order chi connectivity index (χ0) is 23.6. The molecule has 4 saturated carbocycles. The number of nitrogens with zero attached hydrogens (tertiary/aromatic N) is 1. The van der Waals surface area contributed by atoms with Gasteiger partial charge in [0.2, 0.25) is 5.78 Å². The van der Waals surface area contributed by atoms with Crippen molar-refractivity contribution in [2.45, 2.75) is 50.6 Å². The molecule has 1 heterocycles. The summed E-state index contributed by atoms with van der Waals surface area (Å²) in [5.74, 6) is -6.01. The summed E-state index contributed by atoms with van der Waals surface area (Å²) in [7, 11) is -4.47. The van der Waals surface area contributed by atoms with Crippen LogP contribution in [0.4, 0.5) is 13.2 Å². The minimum atomic E-state index is -4.47. The van der Waals surface area contributed by atoms with Crippen molar-refractivity contribution < 1.29 is 30.6 Å². The molecule has 178 valence electrons. The average Bonchev–Trinajstić information content (AvgIpc) is 3.24. The summed E-state index contributed by atoms with van der Waals surface area (Å²) in [4.78, 5) is 20.1. The second kappa shape index (κ2) is 7.66. The van der Waals surface area contributed by atoms with E-state index < -0.39 is 44.7 Å². The van der Waals surface area contributed by atoms with E-state index in [-0.39, 0.29) is 29.0 Å². The number of halogens is 3. The Morgan fingerprint density at radius 2 is 1.79 bits per heavy atom. The van der Waals surface area contributed by atoms with Gasteiger partial charge in [0, 0.05) is 16.5 Å². The van der Waals surface area contributed by atoms with Crippen molar-refractivity contribution in [2.75, 3.05) is 6.26 Å². The Hall–Kier alpha value is -2.20. The minimum absolute atomic E-state index is 0.0425. The average molecular weight is 483 g/mol. The van der Waals surface area contributed by atoms with Crippen molar-refractivity contribution in [3.8, 4) is 11.3 Å². The van der Waals surface area contributed by atoms with Crippen molar-refractivity contribution in [3.63, 3.8) is 0 Å². The van der Waals surface area contributed by atoms with Gasteiger partial charge in [-0.2, -0.15) is 17.2 Å². The Bertz CT molecular complexity index is 1150. The molecule has 0 spiro atoms. The first-order valence-electron chi connectivity index (χ1n) is 11.1. The van der Waals surface area contributed by atoms with Crippen LogP contribution in [0.1, 0.15) is 50.2 Å². The van der Waals surface area contributed by atoms with Crippen LogP contribution in [0.25, 0.3) is 11.3 Å². The van der Waals surface area contributed by atoms with E-state index in [1.807, 2.05) is 0 Å². The summed E-state index contributed by atoms with van der Waals surface area (Å²) < 4.78 is 76.1. The van der Waals surface area contributed by atoms with Gasteiger partial charge in [-0.1, -0.05) is 12.1 Å². The van der Waals surface area contributed by atoms with E-state index in [1.54, 1.807) is 0 Å². The molecular weight excluding hydrogens is 457 g/mol. The van der Waals surface area contributed by atoms with Crippen LogP contribution in [-0.2, 0) is 19.1 Å². The Balaban J connectivity index is 1.61. The van der Waals surface area contributed by atoms with Crippen LogP contribution >= 0.6 is 0 Å². The lowest BCUT2D eigenvalue weighted by Gasteiger charge is -2.56. The highest BCUT2D eigenvalue weighted by atomic mass is 32.2. The number of hydrogen-bond acceptors (Lipinski definition) is 5. The maximum absolute atomic E-state index is 16.1. The van der Waals surface area contributed by atoms with E-state index in [1.165, 1.54) is 24.7 Å². The molecule has 4 bridgehead atoms. The summed E-state index contributed by atoms with van der Waals surface area (Å²) in [6, 6.07) is 3.61. The fraction of sp³-hybridized carbons (Fsp3) is 0.565. The van der Waals surface area contributed by atoms with Gasteiger partial charge in [-0.3, -0.25) is 8.98 Å². The van der Waals surface area contributed by atoms with E-state index in [4.69, 9.17) is 4.18 Å². The molecule has 0 amide bonds. The van der Waals surface area contributed by atoms with E-state index in [9.17, 15) is 13.2 Å². The quantitative estimate of drug-likeness (QED) is 0.580. The maximum atomic E-state index is 16.1. The molecular formula is C23H25F3N2O4S. The fourth-order valence-electron chi connectivity index (χ4n) is 6.77. The van der Waals surface area contributed by atoms with E-state index in [0.29, 0.717) is 25.5 Å². The van der Waals surface area contributed by atoms with Crippen LogP contribution in [-0.4, -0.2) is 36.3 Å². The summed E-state index contributed by atoms with van der Waals surface area (Å²) >= 11 is 0. The molecule has 1 atom stereocenters. The third-order valence-electron chi connectivity index (χ3n) is 7.53. The van der Waals surface area contributed by atoms with Crippen LogP contribution < -0.4 is 0 Å². The fourth-order valence-corrected chi connectivity index (χ4v) is 7.33. The lowest BCUT2D eigenvalue weighted by molar-refractivity contribution is -0.182. The number of H-pyrrole nitrogens is 1. The Morgan fingerprint density at radius 3 is 2.30 bits per heavy atom. The Labute approximate surface area is 190 Å². The molecule has 1 aromatic heterocycles. The van der Waals surface area contributed by atoms with Gasteiger partial charge in [0.05, 0.1) is 24.5 Å². The molecule has 2 aromatic rings. The van der Waals surface area contributed by atoms with Gasteiger partial charge in [-0.05, 0) is 62.3 Å². The largest absolute Gasteiger partial charge is 0.345 e. The number of hydrogen-bond donors (Lipinski definition) is 1. The van der Waals surface area contributed by atoms with Crippen LogP contribution in [0.2, 0.25) is 0 Å². The number of carbonyl (C=O) groups is 1. The third-order valence-corrected chi connectivity index (χ3v) is 8.07. The molecule has 1 N–H and O–H groups in total. The molecule has 0 saturated heterocycles. The first kappa shape index (κ1) is 22.6. The first-order chi connectivity index (χ1) is 15.5. The molecule has 4 fully saturated rings. The zero-order valence-electron chi connectivity index (χ0n) is 18.1. The number of benzene rings is 1. The molecule has 0 aliphatic heterocycles. The zero-order valence-corrected chi connectivity index (χ0v) is 18.9. The number of rotatable bonds is 7. The van der Waals surface area contributed by atoms with Crippen molar-refractivity contribution in [1.82, 2.24) is 9.97 Å². The van der Waals surface area contributed by atoms with Crippen LogP contribution in [0.15, 0.2) is 30.7 Å².